The van der Waals surface area contributed by atoms with Crippen LogP contribution in [-0.4, -0.2) is 37.9 Å². The molecule has 0 radical (unpaired) electrons. The standard InChI is InChI=1S/C14H19BrN2O2S/c1-14(2)13-8-16-7-10(13)9-17(14)20(18,19)12-5-3-4-11(15)6-12/h3-6,10,13,16H,7-9H2,1-2H3. The molecule has 1 aromatic carbocycles. The van der Waals surface area contributed by atoms with E-state index >= 15 is 0 Å². The van der Waals surface area contributed by atoms with Crippen LogP contribution in [0.2, 0.25) is 0 Å². The van der Waals surface area contributed by atoms with Gasteiger partial charge in [-0.05, 0) is 50.4 Å². The van der Waals surface area contributed by atoms with Crippen LogP contribution in [0.1, 0.15) is 13.8 Å². The summed E-state index contributed by atoms with van der Waals surface area (Å²) >= 11 is 3.35. The van der Waals surface area contributed by atoms with E-state index in [2.05, 4.69) is 21.2 Å². The molecule has 0 amide bonds. The molecule has 0 spiro atoms. The number of rotatable bonds is 2. The number of halogens is 1. The number of nitrogens with one attached hydrogen (secondary N) is 1. The molecule has 2 unspecified atom stereocenters. The quantitative estimate of drug-likeness (QED) is 0.880. The summed E-state index contributed by atoms with van der Waals surface area (Å²) in [6.45, 7) is 6.51. The molecule has 20 heavy (non-hydrogen) atoms. The summed E-state index contributed by atoms with van der Waals surface area (Å²) in [4.78, 5) is 0.368. The lowest BCUT2D eigenvalue weighted by Gasteiger charge is -2.34. The lowest BCUT2D eigenvalue weighted by Crippen LogP contribution is -2.47. The highest BCUT2D eigenvalue weighted by atomic mass is 79.9. The van der Waals surface area contributed by atoms with Crippen molar-refractivity contribution in [2.24, 2.45) is 11.8 Å². The van der Waals surface area contributed by atoms with Gasteiger partial charge in [-0.1, -0.05) is 22.0 Å². The van der Waals surface area contributed by atoms with E-state index in [9.17, 15) is 8.42 Å². The third-order valence-corrected chi connectivity index (χ3v) is 7.22. The van der Waals surface area contributed by atoms with E-state index in [4.69, 9.17) is 0 Å². The summed E-state index contributed by atoms with van der Waals surface area (Å²) < 4.78 is 28.3. The van der Waals surface area contributed by atoms with E-state index in [1.807, 2.05) is 19.9 Å². The first-order valence-electron chi connectivity index (χ1n) is 6.82. The van der Waals surface area contributed by atoms with Crippen LogP contribution in [0.15, 0.2) is 33.6 Å². The topological polar surface area (TPSA) is 49.4 Å². The molecule has 0 bridgehead atoms. The second-order valence-corrected chi connectivity index (χ2v) is 8.95. The summed E-state index contributed by atoms with van der Waals surface area (Å²) in [5, 5.41) is 3.37. The van der Waals surface area contributed by atoms with Crippen molar-refractivity contribution in [3.8, 4) is 0 Å². The zero-order valence-corrected chi connectivity index (χ0v) is 14.0. The number of sulfonamides is 1. The van der Waals surface area contributed by atoms with Gasteiger partial charge in [-0.3, -0.25) is 0 Å². The molecule has 2 saturated heterocycles. The average molecular weight is 359 g/mol. The van der Waals surface area contributed by atoms with Gasteiger partial charge in [0.15, 0.2) is 0 Å². The Morgan fingerprint density at radius 2 is 2.10 bits per heavy atom. The van der Waals surface area contributed by atoms with Gasteiger partial charge in [0.05, 0.1) is 4.90 Å². The number of fused-ring (bicyclic) bond motifs is 1. The van der Waals surface area contributed by atoms with Crippen LogP contribution in [-0.2, 0) is 10.0 Å². The average Bonchev–Trinajstić information content (AvgIpc) is 2.92. The third-order valence-electron chi connectivity index (χ3n) is 4.67. The van der Waals surface area contributed by atoms with Gasteiger partial charge in [0.2, 0.25) is 10.0 Å². The van der Waals surface area contributed by atoms with Crippen LogP contribution in [0.3, 0.4) is 0 Å². The van der Waals surface area contributed by atoms with Crippen molar-refractivity contribution in [2.45, 2.75) is 24.3 Å². The molecule has 110 valence electrons. The van der Waals surface area contributed by atoms with Gasteiger partial charge in [0, 0.05) is 23.1 Å². The highest BCUT2D eigenvalue weighted by Gasteiger charge is 2.54. The van der Waals surface area contributed by atoms with Gasteiger partial charge in [0.25, 0.3) is 0 Å². The molecule has 1 N–H and O–H groups in total. The summed E-state index contributed by atoms with van der Waals surface area (Å²) in [5.41, 5.74) is -0.338. The maximum Gasteiger partial charge on any atom is 0.243 e. The van der Waals surface area contributed by atoms with Crippen molar-refractivity contribution < 1.29 is 8.42 Å². The molecule has 2 aliphatic heterocycles. The van der Waals surface area contributed by atoms with Gasteiger partial charge in [-0.25, -0.2) is 8.42 Å². The van der Waals surface area contributed by atoms with E-state index in [1.165, 1.54) is 0 Å². The first-order valence-corrected chi connectivity index (χ1v) is 9.06. The minimum atomic E-state index is -3.44. The van der Waals surface area contributed by atoms with Crippen LogP contribution in [0.5, 0.6) is 0 Å². The normalized spacial score (nSPS) is 29.6. The fourth-order valence-corrected chi connectivity index (χ4v) is 6.02. The molecule has 2 fully saturated rings. The van der Waals surface area contributed by atoms with Gasteiger partial charge in [-0.15, -0.1) is 0 Å². The zero-order valence-electron chi connectivity index (χ0n) is 11.6. The largest absolute Gasteiger partial charge is 0.316 e. The second-order valence-electron chi connectivity index (χ2n) is 6.17. The molecule has 4 nitrogen and oxygen atoms in total. The number of hydrogen-bond acceptors (Lipinski definition) is 3. The van der Waals surface area contributed by atoms with E-state index < -0.39 is 10.0 Å². The van der Waals surface area contributed by atoms with Gasteiger partial charge in [-0.2, -0.15) is 4.31 Å². The fourth-order valence-electron chi connectivity index (χ4n) is 3.55. The Morgan fingerprint density at radius 3 is 2.75 bits per heavy atom. The summed E-state index contributed by atoms with van der Waals surface area (Å²) in [7, 11) is -3.44. The van der Waals surface area contributed by atoms with Crippen molar-refractivity contribution in [2.75, 3.05) is 19.6 Å². The monoisotopic (exact) mass is 358 g/mol. The van der Waals surface area contributed by atoms with Crippen LogP contribution in [0.4, 0.5) is 0 Å². The molecule has 2 aliphatic rings. The van der Waals surface area contributed by atoms with Gasteiger partial charge >= 0.3 is 0 Å². The van der Waals surface area contributed by atoms with E-state index in [0.717, 1.165) is 17.6 Å². The third kappa shape index (κ3) is 2.13. The molecule has 6 heteroatoms. The Balaban J connectivity index is 2.00. The van der Waals surface area contributed by atoms with E-state index in [1.54, 1.807) is 22.5 Å². The number of nitrogens with zero attached hydrogens (tertiary/aromatic N) is 1. The Morgan fingerprint density at radius 1 is 1.35 bits per heavy atom. The van der Waals surface area contributed by atoms with Crippen LogP contribution < -0.4 is 5.32 Å². The van der Waals surface area contributed by atoms with Gasteiger partial charge < -0.3 is 5.32 Å². The summed E-state index contributed by atoms with van der Waals surface area (Å²) in [6.07, 6.45) is 0. The van der Waals surface area contributed by atoms with Crippen molar-refractivity contribution in [1.82, 2.24) is 9.62 Å². The van der Waals surface area contributed by atoms with Crippen LogP contribution in [0.25, 0.3) is 0 Å². The molecule has 0 aliphatic carbocycles. The minimum Gasteiger partial charge on any atom is -0.316 e. The summed E-state index contributed by atoms with van der Waals surface area (Å²) in [5.74, 6) is 0.816. The smallest absolute Gasteiger partial charge is 0.243 e. The highest BCUT2D eigenvalue weighted by Crippen LogP contribution is 2.43. The van der Waals surface area contributed by atoms with Crippen LogP contribution in [0, 0.1) is 11.8 Å². The lowest BCUT2D eigenvalue weighted by atomic mass is 9.85. The molecule has 2 atom stereocenters. The molecule has 2 heterocycles. The zero-order chi connectivity index (χ0) is 14.5. The predicted octanol–water partition coefficient (Wildman–Crippen LogP) is 2.07. The molecular formula is C14H19BrN2O2S. The van der Waals surface area contributed by atoms with E-state index in [0.29, 0.717) is 23.3 Å². The lowest BCUT2D eigenvalue weighted by molar-refractivity contribution is 0.233. The maximum atomic E-state index is 12.9. The Kier molecular flexibility index (Phi) is 3.48. The molecule has 3 rings (SSSR count). The molecule has 0 saturated carbocycles. The van der Waals surface area contributed by atoms with Crippen molar-refractivity contribution in [1.29, 1.82) is 0 Å². The van der Waals surface area contributed by atoms with Crippen molar-refractivity contribution in [3.05, 3.63) is 28.7 Å². The van der Waals surface area contributed by atoms with E-state index in [-0.39, 0.29) is 5.54 Å². The van der Waals surface area contributed by atoms with Gasteiger partial charge in [0.1, 0.15) is 0 Å². The Labute approximate surface area is 128 Å². The Hall–Kier alpha value is -0.430. The minimum absolute atomic E-state index is 0.338. The molecule has 0 aromatic heterocycles. The molecule has 1 aromatic rings. The first-order chi connectivity index (χ1) is 9.33. The van der Waals surface area contributed by atoms with Crippen molar-refractivity contribution in [3.63, 3.8) is 0 Å². The maximum absolute atomic E-state index is 12.9. The number of benzene rings is 1. The highest BCUT2D eigenvalue weighted by molar-refractivity contribution is 9.10. The summed E-state index contributed by atoms with van der Waals surface area (Å²) in [6, 6.07) is 6.95. The first kappa shape index (κ1) is 14.5. The second kappa shape index (κ2) is 4.80. The van der Waals surface area contributed by atoms with Crippen molar-refractivity contribution >= 4 is 26.0 Å². The number of hydrogen-bond donors (Lipinski definition) is 1. The van der Waals surface area contributed by atoms with Crippen LogP contribution >= 0.6 is 15.9 Å². The SMILES string of the molecule is CC1(C)C2CNCC2CN1S(=O)(=O)c1cccc(Br)c1. The predicted molar refractivity (Wildman–Crippen MR) is 82.0 cm³/mol. The Bertz CT molecular complexity index is 630. The molecular weight excluding hydrogens is 340 g/mol. The fraction of sp³-hybridized carbons (Fsp3) is 0.571.